The molecule has 6 N–H and O–H groups in total. The van der Waals surface area contributed by atoms with Crippen molar-refractivity contribution >= 4 is 6.08 Å². The topological polar surface area (TPSA) is 131 Å². The van der Waals surface area contributed by atoms with Gasteiger partial charge in [-0.15, -0.1) is 0 Å². The highest BCUT2D eigenvalue weighted by molar-refractivity contribution is 5.54. The maximum atomic E-state index is 10.9. The Balaban J connectivity index is 1.87. The normalized spacial score (nSPS) is 38.2. The number of allylic oxidation sites excluding steroid dienone is 1. The second-order valence-electron chi connectivity index (χ2n) is 7.12. The van der Waals surface area contributed by atoms with E-state index < -0.39 is 36.8 Å². The van der Waals surface area contributed by atoms with Crippen LogP contribution in [0.4, 0.5) is 0 Å². The first-order valence-electron chi connectivity index (χ1n) is 8.88. The molecule has 0 amide bonds. The minimum Gasteiger partial charge on any atom is -0.394 e. The van der Waals surface area contributed by atoms with Gasteiger partial charge in [0.25, 0.3) is 0 Å². The van der Waals surface area contributed by atoms with Crippen molar-refractivity contribution in [1.29, 1.82) is 0 Å². The summed E-state index contributed by atoms with van der Waals surface area (Å²) in [6, 6.07) is 6.72. The van der Waals surface area contributed by atoms with Crippen molar-refractivity contribution in [2.45, 2.75) is 62.0 Å². The molecule has 0 unspecified atom stereocenters. The monoisotopic (exact) mass is 366 g/mol. The zero-order valence-corrected chi connectivity index (χ0v) is 14.4. The molecule has 5 atom stereocenters. The number of hydrogen-bond acceptors (Lipinski definition) is 7. The van der Waals surface area contributed by atoms with Crippen LogP contribution in [-0.4, -0.2) is 67.8 Å². The predicted octanol–water partition coefficient (Wildman–Crippen LogP) is -0.376. The molecular weight excluding hydrogens is 340 g/mol. The molecule has 144 valence electrons. The summed E-state index contributed by atoms with van der Waals surface area (Å²) in [5.74, 6) is -2.25. The maximum absolute atomic E-state index is 10.9. The molecule has 1 aliphatic heterocycles. The lowest BCUT2D eigenvalue weighted by atomic mass is 9.87. The number of hydrogen-bond donors (Lipinski definition) is 6. The Labute approximate surface area is 151 Å². The Morgan fingerprint density at radius 3 is 2.42 bits per heavy atom. The average molecular weight is 366 g/mol. The van der Waals surface area contributed by atoms with Crippen molar-refractivity contribution < 1.29 is 35.4 Å². The van der Waals surface area contributed by atoms with Gasteiger partial charge in [0.15, 0.2) is 0 Å². The van der Waals surface area contributed by atoms with Crippen molar-refractivity contribution in [2.24, 2.45) is 0 Å². The van der Waals surface area contributed by atoms with E-state index in [1.807, 2.05) is 12.1 Å². The summed E-state index contributed by atoms with van der Waals surface area (Å²) in [6.45, 7) is -0.612. The summed E-state index contributed by atoms with van der Waals surface area (Å²) < 4.78 is 5.35. The Morgan fingerprint density at radius 1 is 1.08 bits per heavy atom. The van der Waals surface area contributed by atoms with Crippen LogP contribution in [0, 0.1) is 0 Å². The first-order chi connectivity index (χ1) is 12.3. The molecule has 0 radical (unpaired) electrons. The number of rotatable bonds is 3. The van der Waals surface area contributed by atoms with E-state index in [1.54, 1.807) is 18.2 Å². The largest absolute Gasteiger partial charge is 0.394 e. The molecule has 2 fully saturated rings. The number of aliphatic hydroxyl groups excluding tert-OH is 5. The van der Waals surface area contributed by atoms with E-state index in [0.717, 1.165) is 31.2 Å². The van der Waals surface area contributed by atoms with Crippen molar-refractivity contribution in [3.05, 3.63) is 41.0 Å². The number of benzene rings is 1. The molecule has 7 nitrogen and oxygen atoms in total. The predicted molar refractivity (Wildman–Crippen MR) is 92.8 cm³/mol. The molecule has 1 aliphatic carbocycles. The van der Waals surface area contributed by atoms with Gasteiger partial charge in [-0.3, -0.25) is 0 Å². The third-order valence-electron chi connectivity index (χ3n) is 5.23. The third kappa shape index (κ3) is 3.70. The summed E-state index contributed by atoms with van der Waals surface area (Å²) in [5.41, 5.74) is 2.20. The Morgan fingerprint density at radius 2 is 1.77 bits per heavy atom. The lowest BCUT2D eigenvalue weighted by Gasteiger charge is -2.45. The summed E-state index contributed by atoms with van der Waals surface area (Å²) in [5, 5.41) is 59.9. The third-order valence-corrected chi connectivity index (χ3v) is 5.23. The summed E-state index contributed by atoms with van der Waals surface area (Å²) >= 11 is 0. The van der Waals surface area contributed by atoms with Crippen molar-refractivity contribution in [1.82, 2.24) is 0 Å². The number of aliphatic hydroxyl groups is 6. The first-order valence-corrected chi connectivity index (χ1v) is 8.88. The van der Waals surface area contributed by atoms with Crippen LogP contribution in [0.1, 0.15) is 36.8 Å². The van der Waals surface area contributed by atoms with Crippen molar-refractivity contribution in [3.63, 3.8) is 0 Å². The van der Waals surface area contributed by atoms with Crippen molar-refractivity contribution in [3.8, 4) is 0 Å². The zero-order chi connectivity index (χ0) is 18.9. The second-order valence-corrected chi connectivity index (χ2v) is 7.12. The molecule has 0 aromatic heterocycles. The molecule has 3 rings (SSSR count). The molecule has 26 heavy (non-hydrogen) atoms. The molecule has 2 aliphatic rings. The van der Waals surface area contributed by atoms with Crippen molar-refractivity contribution in [2.75, 3.05) is 6.61 Å². The van der Waals surface area contributed by atoms with Crippen LogP contribution < -0.4 is 0 Å². The van der Waals surface area contributed by atoms with Crippen LogP contribution in [0.5, 0.6) is 0 Å². The molecule has 7 heteroatoms. The Hall–Kier alpha value is -1.32. The van der Waals surface area contributed by atoms with E-state index in [2.05, 4.69) is 0 Å². The fourth-order valence-electron chi connectivity index (χ4n) is 3.60. The highest BCUT2D eigenvalue weighted by Crippen LogP contribution is 2.37. The van der Waals surface area contributed by atoms with Crippen LogP contribution in [0.15, 0.2) is 29.8 Å². The van der Waals surface area contributed by atoms with Gasteiger partial charge in [0.1, 0.15) is 24.4 Å². The fourth-order valence-corrected chi connectivity index (χ4v) is 3.60. The van der Waals surface area contributed by atoms with Gasteiger partial charge in [-0.2, -0.15) is 0 Å². The number of ether oxygens (including phenoxy) is 1. The molecule has 1 saturated carbocycles. The summed E-state index contributed by atoms with van der Waals surface area (Å²) in [7, 11) is 0. The maximum Gasteiger partial charge on any atom is 0.222 e. The average Bonchev–Trinajstić information content (AvgIpc) is 2.65. The summed E-state index contributed by atoms with van der Waals surface area (Å²) in [6.07, 6.45) is -1.40. The van der Waals surface area contributed by atoms with E-state index >= 15 is 0 Å². The van der Waals surface area contributed by atoms with Crippen LogP contribution in [-0.2, 0) is 10.5 Å². The highest BCUT2D eigenvalue weighted by atomic mass is 16.7. The van der Waals surface area contributed by atoms with E-state index in [0.29, 0.717) is 0 Å². The smallest absolute Gasteiger partial charge is 0.222 e. The van der Waals surface area contributed by atoms with Gasteiger partial charge in [0.2, 0.25) is 5.79 Å². The van der Waals surface area contributed by atoms with Gasteiger partial charge in [-0.05, 0) is 37.3 Å². The highest BCUT2D eigenvalue weighted by Gasteiger charge is 2.53. The standard InChI is InChI=1S/C19H26O7/c20-10-15-16(22)17(23)18(24)19(25,26-15)13-3-1-2-12(9-13)8-11-4-6-14(21)7-5-11/h1-3,8-9,14-18,20-25H,4-7,10H2/t14?,15-,16-,17+,18-,19-/m1/s1. The van der Waals surface area contributed by atoms with Gasteiger partial charge in [-0.1, -0.05) is 29.8 Å². The second kappa shape index (κ2) is 7.74. The molecule has 1 aromatic carbocycles. The Bertz CT molecular complexity index is 649. The van der Waals surface area contributed by atoms with Crippen LogP contribution in [0.3, 0.4) is 0 Å². The van der Waals surface area contributed by atoms with Crippen LogP contribution >= 0.6 is 0 Å². The van der Waals surface area contributed by atoms with E-state index in [9.17, 15) is 30.6 Å². The molecule has 0 spiro atoms. The van der Waals surface area contributed by atoms with Gasteiger partial charge < -0.3 is 35.4 Å². The molecule has 1 aromatic rings. The van der Waals surface area contributed by atoms with Gasteiger partial charge in [0, 0.05) is 5.56 Å². The minimum atomic E-state index is -2.25. The van der Waals surface area contributed by atoms with E-state index in [-0.39, 0.29) is 11.7 Å². The molecule has 0 bridgehead atoms. The SMILES string of the molecule is OC[C@H]1O[C@](O)(c2cccc(C=C3CCC(O)CC3)c2)[C@H](O)[C@@H](O)[C@@H]1O. The lowest BCUT2D eigenvalue weighted by molar-refractivity contribution is -0.357. The molecule has 1 heterocycles. The molecular formula is C19H26O7. The van der Waals surface area contributed by atoms with Crippen LogP contribution in [0.25, 0.3) is 6.08 Å². The van der Waals surface area contributed by atoms with E-state index in [4.69, 9.17) is 4.74 Å². The summed E-state index contributed by atoms with van der Waals surface area (Å²) in [4.78, 5) is 0. The van der Waals surface area contributed by atoms with Gasteiger partial charge in [0.05, 0.1) is 12.7 Å². The fraction of sp³-hybridized carbons (Fsp3) is 0.579. The van der Waals surface area contributed by atoms with Gasteiger partial charge in [-0.25, -0.2) is 0 Å². The molecule has 1 saturated heterocycles. The zero-order valence-electron chi connectivity index (χ0n) is 14.4. The minimum absolute atomic E-state index is 0.222. The van der Waals surface area contributed by atoms with E-state index in [1.165, 1.54) is 5.57 Å². The quantitative estimate of drug-likeness (QED) is 0.430. The van der Waals surface area contributed by atoms with Gasteiger partial charge >= 0.3 is 0 Å². The Kier molecular flexibility index (Phi) is 5.78. The first kappa shape index (κ1) is 19.4. The van der Waals surface area contributed by atoms with Crippen LogP contribution in [0.2, 0.25) is 0 Å². The lowest BCUT2D eigenvalue weighted by Crippen LogP contribution is -2.63.